The van der Waals surface area contributed by atoms with Crippen molar-refractivity contribution in [1.29, 1.82) is 0 Å². The Morgan fingerprint density at radius 1 is 1.60 bits per heavy atom. The number of nitrogens with zero attached hydrogens (tertiary/aromatic N) is 1. The minimum Gasteiger partial charge on any atom is -0.469 e. The van der Waals surface area contributed by atoms with Crippen LogP contribution in [0.25, 0.3) is 0 Å². The Bertz CT molecular complexity index is 257. The molecule has 1 heterocycles. The number of hydrogen-bond donors (Lipinski definition) is 0. The van der Waals surface area contributed by atoms with Crippen molar-refractivity contribution in [1.82, 2.24) is 4.90 Å². The zero-order valence-corrected chi connectivity index (χ0v) is 10.6. The van der Waals surface area contributed by atoms with Gasteiger partial charge in [-0.05, 0) is 12.8 Å². The van der Waals surface area contributed by atoms with Gasteiger partial charge in [0, 0.05) is 13.1 Å². The van der Waals surface area contributed by atoms with Gasteiger partial charge in [0.25, 0.3) is 0 Å². The molecule has 5 heteroatoms. The van der Waals surface area contributed by atoms with Gasteiger partial charge in [0.05, 0.1) is 17.9 Å². The highest BCUT2D eigenvalue weighted by Crippen LogP contribution is 2.20. The number of hydrogen-bond acceptors (Lipinski definition) is 3. The number of rotatable bonds is 3. The van der Waals surface area contributed by atoms with Gasteiger partial charge in [-0.1, -0.05) is 22.9 Å². The molecule has 2 atom stereocenters. The zero-order chi connectivity index (χ0) is 11.4. The minimum absolute atomic E-state index is 0.0731. The Kier molecular flexibility index (Phi) is 4.57. The van der Waals surface area contributed by atoms with E-state index in [1.807, 2.05) is 6.92 Å². The lowest BCUT2D eigenvalue weighted by atomic mass is 10.1. The molecule has 0 spiro atoms. The van der Waals surface area contributed by atoms with Crippen LogP contribution in [0.5, 0.6) is 0 Å². The molecule has 1 fully saturated rings. The number of carbonyl (C=O) groups excluding carboxylic acids is 2. The molecule has 1 amide bonds. The Balaban J connectivity index is 2.49. The van der Waals surface area contributed by atoms with Crippen molar-refractivity contribution in [2.45, 2.75) is 24.6 Å². The fourth-order valence-corrected chi connectivity index (χ4v) is 1.98. The van der Waals surface area contributed by atoms with E-state index >= 15 is 0 Å². The lowest BCUT2D eigenvalue weighted by Gasteiger charge is -2.18. The predicted octanol–water partition coefficient (Wildman–Crippen LogP) is 1.18. The SMILES string of the molecule is CCC(Br)C(=O)N1CCC(C(=O)OC)C1. The van der Waals surface area contributed by atoms with Crippen LogP contribution in [0.2, 0.25) is 0 Å². The molecule has 0 aliphatic carbocycles. The molecule has 0 saturated carbocycles. The molecule has 0 bridgehead atoms. The van der Waals surface area contributed by atoms with Crippen molar-refractivity contribution in [3.05, 3.63) is 0 Å². The monoisotopic (exact) mass is 277 g/mol. The largest absolute Gasteiger partial charge is 0.469 e. The van der Waals surface area contributed by atoms with Crippen LogP contribution >= 0.6 is 15.9 Å². The molecule has 1 aliphatic heterocycles. The fraction of sp³-hybridized carbons (Fsp3) is 0.800. The average Bonchev–Trinajstić information content (AvgIpc) is 2.75. The summed E-state index contributed by atoms with van der Waals surface area (Å²) in [5.41, 5.74) is 0. The highest BCUT2D eigenvalue weighted by Gasteiger charge is 2.33. The molecule has 86 valence electrons. The molecule has 0 aromatic heterocycles. The first-order valence-corrected chi connectivity index (χ1v) is 6.02. The highest BCUT2D eigenvalue weighted by atomic mass is 79.9. The van der Waals surface area contributed by atoms with Crippen LogP contribution < -0.4 is 0 Å². The van der Waals surface area contributed by atoms with Crippen molar-refractivity contribution >= 4 is 27.8 Å². The van der Waals surface area contributed by atoms with Crippen LogP contribution in [0.1, 0.15) is 19.8 Å². The Morgan fingerprint density at radius 2 is 2.27 bits per heavy atom. The summed E-state index contributed by atoms with van der Waals surface area (Å²) in [6.07, 6.45) is 1.47. The van der Waals surface area contributed by atoms with Gasteiger partial charge in [-0.3, -0.25) is 9.59 Å². The van der Waals surface area contributed by atoms with Gasteiger partial charge < -0.3 is 9.64 Å². The lowest BCUT2D eigenvalue weighted by molar-refractivity contribution is -0.145. The van der Waals surface area contributed by atoms with Crippen LogP contribution in [0.3, 0.4) is 0 Å². The molecule has 1 aliphatic rings. The van der Waals surface area contributed by atoms with Gasteiger partial charge in [0.15, 0.2) is 0 Å². The molecule has 0 N–H and O–H groups in total. The van der Waals surface area contributed by atoms with Crippen LogP contribution in [0.4, 0.5) is 0 Å². The standard InChI is InChI=1S/C10H16BrNO3/c1-3-8(11)9(13)12-5-4-7(6-12)10(14)15-2/h7-8H,3-6H2,1-2H3. The number of amides is 1. The molecular formula is C10H16BrNO3. The number of likely N-dealkylation sites (tertiary alicyclic amines) is 1. The molecule has 0 aromatic rings. The number of esters is 1. The summed E-state index contributed by atoms with van der Waals surface area (Å²) in [6.45, 7) is 3.10. The maximum Gasteiger partial charge on any atom is 0.310 e. The Labute approximate surface area is 98.1 Å². The minimum atomic E-state index is -0.215. The molecule has 2 unspecified atom stereocenters. The van der Waals surface area contributed by atoms with Crippen LogP contribution in [0.15, 0.2) is 0 Å². The molecular weight excluding hydrogens is 262 g/mol. The summed E-state index contributed by atoms with van der Waals surface area (Å²) < 4.78 is 4.66. The summed E-state index contributed by atoms with van der Waals surface area (Å²) in [5, 5.41) is 0. The van der Waals surface area contributed by atoms with Crippen molar-refractivity contribution in [3.63, 3.8) is 0 Å². The van der Waals surface area contributed by atoms with Gasteiger partial charge in [-0.2, -0.15) is 0 Å². The van der Waals surface area contributed by atoms with Gasteiger partial charge >= 0.3 is 5.97 Å². The van der Waals surface area contributed by atoms with Crippen LogP contribution in [-0.2, 0) is 14.3 Å². The quantitative estimate of drug-likeness (QED) is 0.575. The smallest absolute Gasteiger partial charge is 0.310 e. The number of halogens is 1. The molecule has 1 saturated heterocycles. The molecule has 0 radical (unpaired) electrons. The maximum absolute atomic E-state index is 11.8. The Morgan fingerprint density at radius 3 is 2.80 bits per heavy atom. The van der Waals surface area contributed by atoms with E-state index in [1.54, 1.807) is 4.90 Å². The first-order chi connectivity index (χ1) is 7.10. The lowest BCUT2D eigenvalue weighted by Crippen LogP contribution is -2.35. The predicted molar refractivity (Wildman–Crippen MR) is 59.7 cm³/mol. The van der Waals surface area contributed by atoms with E-state index in [4.69, 9.17) is 0 Å². The number of methoxy groups -OCH3 is 1. The summed E-state index contributed by atoms with van der Waals surface area (Å²) in [7, 11) is 1.38. The topological polar surface area (TPSA) is 46.6 Å². The average molecular weight is 278 g/mol. The van der Waals surface area contributed by atoms with E-state index < -0.39 is 0 Å². The Hall–Kier alpha value is -0.580. The van der Waals surface area contributed by atoms with Crippen LogP contribution in [0, 0.1) is 5.92 Å². The summed E-state index contributed by atoms with van der Waals surface area (Å²) in [4.78, 5) is 24.6. The van der Waals surface area contributed by atoms with Crippen molar-refractivity contribution < 1.29 is 14.3 Å². The zero-order valence-electron chi connectivity index (χ0n) is 9.03. The van der Waals surface area contributed by atoms with Crippen molar-refractivity contribution in [3.8, 4) is 0 Å². The molecule has 1 rings (SSSR count). The second-order valence-electron chi connectivity index (χ2n) is 3.67. The number of alkyl halides is 1. The third-order valence-corrected chi connectivity index (χ3v) is 3.70. The van der Waals surface area contributed by atoms with E-state index in [0.717, 1.165) is 6.42 Å². The van der Waals surface area contributed by atoms with Gasteiger partial charge in [0.2, 0.25) is 5.91 Å². The molecule has 15 heavy (non-hydrogen) atoms. The normalized spacial score (nSPS) is 22.6. The van der Waals surface area contributed by atoms with Gasteiger partial charge in [0.1, 0.15) is 0 Å². The van der Waals surface area contributed by atoms with Crippen LogP contribution in [-0.4, -0.2) is 41.8 Å². The van der Waals surface area contributed by atoms with E-state index in [-0.39, 0.29) is 22.6 Å². The van der Waals surface area contributed by atoms with E-state index in [0.29, 0.717) is 19.5 Å². The summed E-state index contributed by atoms with van der Waals surface area (Å²) >= 11 is 3.32. The van der Waals surface area contributed by atoms with E-state index in [2.05, 4.69) is 20.7 Å². The van der Waals surface area contributed by atoms with Gasteiger partial charge in [-0.25, -0.2) is 0 Å². The molecule has 0 aromatic carbocycles. The third kappa shape index (κ3) is 2.93. The first-order valence-electron chi connectivity index (χ1n) is 5.10. The van der Waals surface area contributed by atoms with Crippen molar-refractivity contribution in [2.75, 3.05) is 20.2 Å². The second-order valence-corrected chi connectivity index (χ2v) is 4.77. The highest BCUT2D eigenvalue weighted by molar-refractivity contribution is 9.10. The molecule has 4 nitrogen and oxygen atoms in total. The fourth-order valence-electron chi connectivity index (χ4n) is 1.69. The van der Waals surface area contributed by atoms with Gasteiger partial charge in [-0.15, -0.1) is 0 Å². The first kappa shape index (κ1) is 12.5. The number of ether oxygens (including phenoxy) is 1. The second kappa shape index (κ2) is 5.49. The number of carbonyl (C=O) groups is 2. The summed E-state index contributed by atoms with van der Waals surface area (Å²) in [6, 6.07) is 0. The van der Waals surface area contributed by atoms with Crippen molar-refractivity contribution in [2.24, 2.45) is 5.92 Å². The third-order valence-electron chi connectivity index (χ3n) is 2.66. The van der Waals surface area contributed by atoms with E-state index in [1.165, 1.54) is 7.11 Å². The maximum atomic E-state index is 11.8. The van der Waals surface area contributed by atoms with E-state index in [9.17, 15) is 9.59 Å². The summed E-state index contributed by atoms with van der Waals surface area (Å²) in [5.74, 6) is -0.285.